The van der Waals surface area contributed by atoms with Crippen LogP contribution in [0.3, 0.4) is 0 Å². The molecule has 0 unspecified atom stereocenters. The van der Waals surface area contributed by atoms with E-state index in [4.69, 9.17) is 17.3 Å². The van der Waals surface area contributed by atoms with Crippen LogP contribution in [0.2, 0.25) is 5.02 Å². The Kier molecular flexibility index (Phi) is 5.35. The van der Waals surface area contributed by atoms with Crippen molar-refractivity contribution in [3.8, 4) is 5.75 Å². The minimum atomic E-state index is -5.50. The molecular formula is C14H8BrClF3NO4S. The minimum Gasteiger partial charge on any atom is -0.419 e. The molecule has 2 N–H and O–H groups in total. The summed E-state index contributed by atoms with van der Waals surface area (Å²) in [7, 11) is -5.50. The summed E-state index contributed by atoms with van der Waals surface area (Å²) in [5.74, 6) is -3.07. The summed E-state index contributed by atoms with van der Waals surface area (Å²) >= 11 is 8.43. The molecule has 0 saturated heterocycles. The fourth-order valence-corrected chi connectivity index (χ4v) is 3.50. The van der Waals surface area contributed by atoms with E-state index in [1.807, 2.05) is 0 Å². The van der Waals surface area contributed by atoms with Gasteiger partial charge in [0.1, 0.15) is 11.6 Å². The first-order chi connectivity index (χ1) is 11.5. The number of amides is 1. The molecule has 0 radical (unpaired) electrons. The highest BCUT2D eigenvalue weighted by molar-refractivity contribution is 9.10. The first kappa shape index (κ1) is 19.5. The molecule has 0 aliphatic heterocycles. The standard InChI is InChI=1S/C14H8BrClF3NO4S/c15-12-9(16)5-7(17)6-10(12)24-14(18,19)25(22,23)11-4-2-1-3-8(11)13(20)21/h1-6H,(H2,20,21). The van der Waals surface area contributed by atoms with Gasteiger partial charge >= 0.3 is 5.44 Å². The van der Waals surface area contributed by atoms with Gasteiger partial charge in [-0.05, 0) is 34.1 Å². The molecule has 134 valence electrons. The second-order valence-corrected chi connectivity index (χ2v) is 7.75. The fraction of sp³-hybridized carbons (Fsp3) is 0.0714. The predicted octanol–water partition coefficient (Wildman–Crippen LogP) is 3.74. The van der Waals surface area contributed by atoms with Gasteiger partial charge in [-0.3, -0.25) is 4.79 Å². The van der Waals surface area contributed by atoms with E-state index in [-0.39, 0.29) is 9.50 Å². The zero-order valence-corrected chi connectivity index (χ0v) is 15.1. The first-order valence-corrected chi connectivity index (χ1v) is 8.97. The van der Waals surface area contributed by atoms with Crippen LogP contribution < -0.4 is 10.5 Å². The van der Waals surface area contributed by atoms with Gasteiger partial charge in [0.05, 0.1) is 20.0 Å². The fourth-order valence-electron chi connectivity index (χ4n) is 1.82. The number of alkyl halides is 2. The van der Waals surface area contributed by atoms with E-state index in [0.717, 1.165) is 24.3 Å². The summed E-state index contributed by atoms with van der Waals surface area (Å²) in [6, 6.07) is 5.47. The zero-order valence-electron chi connectivity index (χ0n) is 12.0. The van der Waals surface area contributed by atoms with Crippen molar-refractivity contribution < 1.29 is 31.1 Å². The van der Waals surface area contributed by atoms with E-state index >= 15 is 0 Å². The Morgan fingerprint density at radius 1 is 1.24 bits per heavy atom. The Morgan fingerprint density at radius 3 is 2.44 bits per heavy atom. The van der Waals surface area contributed by atoms with Gasteiger partial charge in [0.25, 0.3) is 9.84 Å². The highest BCUT2D eigenvalue weighted by atomic mass is 79.9. The number of primary amides is 1. The molecule has 2 aromatic carbocycles. The molecule has 0 aliphatic carbocycles. The summed E-state index contributed by atoms with van der Waals surface area (Å²) in [5, 5.41) is -0.305. The number of nitrogens with two attached hydrogens (primary N) is 1. The van der Waals surface area contributed by atoms with Crippen LogP contribution in [-0.2, 0) is 9.84 Å². The summed E-state index contributed by atoms with van der Waals surface area (Å²) in [4.78, 5) is 10.3. The monoisotopic (exact) mass is 457 g/mol. The molecule has 0 bridgehead atoms. The van der Waals surface area contributed by atoms with Gasteiger partial charge in [-0.1, -0.05) is 23.7 Å². The van der Waals surface area contributed by atoms with Crippen molar-refractivity contribution in [1.29, 1.82) is 0 Å². The molecule has 1 amide bonds. The molecule has 0 fully saturated rings. The van der Waals surface area contributed by atoms with Crippen molar-refractivity contribution in [2.45, 2.75) is 10.3 Å². The van der Waals surface area contributed by atoms with E-state index in [0.29, 0.717) is 6.07 Å². The molecule has 0 spiro atoms. The molecule has 0 aromatic heterocycles. The smallest absolute Gasteiger partial charge is 0.419 e. The molecule has 0 saturated carbocycles. The predicted molar refractivity (Wildman–Crippen MR) is 86.8 cm³/mol. The number of sulfone groups is 1. The van der Waals surface area contributed by atoms with Gasteiger partial charge in [0, 0.05) is 6.07 Å². The van der Waals surface area contributed by atoms with Crippen LogP contribution in [0, 0.1) is 5.82 Å². The van der Waals surface area contributed by atoms with Gasteiger partial charge in [-0.15, -0.1) is 8.78 Å². The van der Waals surface area contributed by atoms with Crippen LogP contribution in [0.25, 0.3) is 0 Å². The van der Waals surface area contributed by atoms with Crippen molar-refractivity contribution in [1.82, 2.24) is 0 Å². The Balaban J connectivity index is 2.54. The van der Waals surface area contributed by atoms with Gasteiger partial charge in [-0.25, -0.2) is 12.8 Å². The van der Waals surface area contributed by atoms with Crippen molar-refractivity contribution in [2.24, 2.45) is 5.73 Å². The van der Waals surface area contributed by atoms with Crippen LogP contribution in [-0.4, -0.2) is 19.8 Å². The Morgan fingerprint density at radius 2 is 1.84 bits per heavy atom. The molecular weight excluding hydrogens is 451 g/mol. The summed E-state index contributed by atoms with van der Waals surface area (Å²) in [6.07, 6.45) is 0. The molecule has 25 heavy (non-hydrogen) atoms. The summed E-state index contributed by atoms with van der Waals surface area (Å²) in [5.41, 5.74) is -0.465. The maximum Gasteiger partial charge on any atom is 0.513 e. The first-order valence-electron chi connectivity index (χ1n) is 6.32. The molecule has 0 atom stereocenters. The lowest BCUT2D eigenvalue weighted by atomic mass is 10.2. The second-order valence-electron chi connectivity index (χ2n) is 4.63. The zero-order chi connectivity index (χ0) is 19.0. The molecule has 0 heterocycles. The van der Waals surface area contributed by atoms with E-state index in [1.165, 1.54) is 6.07 Å². The Bertz CT molecular complexity index is 953. The number of hydrogen-bond donors (Lipinski definition) is 1. The maximum atomic E-state index is 14.3. The van der Waals surface area contributed by atoms with Gasteiger partial charge in [0.15, 0.2) is 0 Å². The van der Waals surface area contributed by atoms with Crippen LogP contribution in [0.5, 0.6) is 5.75 Å². The van der Waals surface area contributed by atoms with Crippen LogP contribution in [0.15, 0.2) is 45.8 Å². The SMILES string of the molecule is NC(=O)c1ccccc1S(=O)(=O)C(F)(F)Oc1cc(F)cc(Cl)c1Br. The lowest BCUT2D eigenvalue weighted by Crippen LogP contribution is -2.36. The minimum absolute atomic E-state index is 0.270. The third-order valence-electron chi connectivity index (χ3n) is 2.94. The van der Waals surface area contributed by atoms with Gasteiger partial charge < -0.3 is 10.5 Å². The van der Waals surface area contributed by atoms with Crippen molar-refractivity contribution in [2.75, 3.05) is 0 Å². The Labute approximate surface area is 153 Å². The van der Waals surface area contributed by atoms with Crippen LogP contribution >= 0.6 is 27.5 Å². The van der Waals surface area contributed by atoms with E-state index in [1.54, 1.807) is 0 Å². The molecule has 11 heteroatoms. The normalized spacial score (nSPS) is 12.0. The molecule has 5 nitrogen and oxygen atoms in total. The van der Waals surface area contributed by atoms with Gasteiger partial charge in [-0.2, -0.15) is 0 Å². The number of halogens is 5. The van der Waals surface area contributed by atoms with Crippen molar-refractivity contribution in [3.63, 3.8) is 0 Å². The number of carbonyl (C=O) groups is 1. The highest BCUT2D eigenvalue weighted by Gasteiger charge is 2.51. The number of hydrogen-bond acceptors (Lipinski definition) is 4. The van der Waals surface area contributed by atoms with E-state index in [9.17, 15) is 26.4 Å². The lowest BCUT2D eigenvalue weighted by molar-refractivity contribution is -0.0977. The number of ether oxygens (including phenoxy) is 1. The third-order valence-corrected chi connectivity index (χ3v) is 5.93. The number of benzene rings is 2. The van der Waals surface area contributed by atoms with Crippen LogP contribution in [0.1, 0.15) is 10.4 Å². The largest absolute Gasteiger partial charge is 0.513 e. The summed E-state index contributed by atoms with van der Waals surface area (Å²) < 4.78 is 70.4. The van der Waals surface area contributed by atoms with Gasteiger partial charge in [0.2, 0.25) is 5.91 Å². The third kappa shape index (κ3) is 3.75. The van der Waals surface area contributed by atoms with Crippen LogP contribution in [0.4, 0.5) is 13.2 Å². The van der Waals surface area contributed by atoms with Crippen molar-refractivity contribution in [3.05, 3.63) is 57.3 Å². The highest BCUT2D eigenvalue weighted by Crippen LogP contribution is 2.39. The average molecular weight is 459 g/mol. The molecule has 2 aromatic rings. The quantitative estimate of drug-likeness (QED) is 0.692. The molecule has 0 aliphatic rings. The number of rotatable bonds is 5. The molecule has 2 rings (SSSR count). The average Bonchev–Trinajstić information content (AvgIpc) is 2.51. The van der Waals surface area contributed by atoms with Crippen molar-refractivity contribution >= 4 is 43.3 Å². The second kappa shape index (κ2) is 6.85. The lowest BCUT2D eigenvalue weighted by Gasteiger charge is -2.20. The summed E-state index contributed by atoms with van der Waals surface area (Å²) in [6.45, 7) is 0. The van der Waals surface area contributed by atoms with E-state index in [2.05, 4.69) is 20.7 Å². The maximum absolute atomic E-state index is 14.3. The van der Waals surface area contributed by atoms with E-state index < -0.39 is 43.2 Å². The topological polar surface area (TPSA) is 86.5 Å². The Hall–Kier alpha value is -1.78. The number of carbonyl (C=O) groups excluding carboxylic acids is 1.